The third kappa shape index (κ3) is 4.58. The fourth-order valence-corrected chi connectivity index (χ4v) is 4.67. The smallest absolute Gasteiger partial charge is 0.236 e. The van der Waals surface area contributed by atoms with Gasteiger partial charge < -0.3 is 4.90 Å². The van der Waals surface area contributed by atoms with Crippen molar-refractivity contribution in [2.45, 2.75) is 51.6 Å². The Morgan fingerprint density at radius 2 is 2.04 bits per heavy atom. The maximum absolute atomic E-state index is 12.6. The van der Waals surface area contributed by atoms with Gasteiger partial charge in [-0.15, -0.1) is 0 Å². The van der Waals surface area contributed by atoms with Gasteiger partial charge in [0, 0.05) is 44.8 Å². The largest absolute Gasteiger partial charge is 0.339 e. The first kappa shape index (κ1) is 17.9. The Bertz CT molecular complexity index is 511. The Morgan fingerprint density at radius 1 is 1.25 bits per heavy atom. The highest BCUT2D eigenvalue weighted by Gasteiger charge is 2.27. The van der Waals surface area contributed by atoms with Crippen molar-refractivity contribution in [2.75, 3.05) is 39.3 Å². The van der Waals surface area contributed by atoms with Gasteiger partial charge in [-0.3, -0.25) is 14.6 Å². The van der Waals surface area contributed by atoms with Crippen molar-refractivity contribution < 1.29 is 4.79 Å². The summed E-state index contributed by atoms with van der Waals surface area (Å²) in [6.45, 7) is 10.3. The Hall–Kier alpha value is -0.910. The molecule has 2 saturated heterocycles. The van der Waals surface area contributed by atoms with Crippen molar-refractivity contribution >= 4 is 17.2 Å². The van der Waals surface area contributed by atoms with E-state index in [0.717, 1.165) is 39.1 Å². The van der Waals surface area contributed by atoms with E-state index in [2.05, 4.69) is 45.4 Å². The Morgan fingerprint density at radius 3 is 2.71 bits per heavy atom. The zero-order valence-electron chi connectivity index (χ0n) is 15.1. The summed E-state index contributed by atoms with van der Waals surface area (Å²) in [5.74, 6) is 0.335. The lowest BCUT2D eigenvalue weighted by Gasteiger charge is -2.39. The molecule has 1 aromatic rings. The fourth-order valence-electron chi connectivity index (χ4n) is 3.99. The predicted molar refractivity (Wildman–Crippen MR) is 101 cm³/mol. The van der Waals surface area contributed by atoms with Crippen LogP contribution in [-0.4, -0.2) is 72.0 Å². The normalized spacial score (nSPS) is 24.9. The predicted octanol–water partition coefficient (Wildman–Crippen LogP) is 2.70. The highest BCUT2D eigenvalue weighted by molar-refractivity contribution is 7.07. The molecule has 0 spiro atoms. The van der Waals surface area contributed by atoms with E-state index in [9.17, 15) is 4.79 Å². The van der Waals surface area contributed by atoms with Gasteiger partial charge in [-0.2, -0.15) is 11.3 Å². The number of piperazine rings is 1. The van der Waals surface area contributed by atoms with Crippen molar-refractivity contribution in [3.63, 3.8) is 0 Å². The van der Waals surface area contributed by atoms with Crippen LogP contribution in [-0.2, 0) is 11.2 Å². The van der Waals surface area contributed by atoms with Gasteiger partial charge in [0.05, 0.1) is 6.54 Å². The zero-order valence-corrected chi connectivity index (χ0v) is 15.9. The minimum Gasteiger partial charge on any atom is -0.339 e. The number of likely N-dealkylation sites (tertiary alicyclic amines) is 1. The maximum atomic E-state index is 12.6. The molecule has 1 amide bonds. The summed E-state index contributed by atoms with van der Waals surface area (Å²) in [5, 5.41) is 4.42. The Balaban J connectivity index is 1.42. The number of hydrogen-bond acceptors (Lipinski definition) is 4. The van der Waals surface area contributed by atoms with Crippen LogP contribution in [0.4, 0.5) is 0 Å². The summed E-state index contributed by atoms with van der Waals surface area (Å²) < 4.78 is 0. The second-order valence-corrected chi connectivity index (χ2v) is 8.21. The van der Waals surface area contributed by atoms with E-state index in [1.165, 1.54) is 24.8 Å². The van der Waals surface area contributed by atoms with E-state index in [1.807, 2.05) is 0 Å². The lowest BCUT2D eigenvalue weighted by molar-refractivity contribution is -0.136. The van der Waals surface area contributed by atoms with Crippen molar-refractivity contribution in [3.8, 4) is 0 Å². The van der Waals surface area contributed by atoms with E-state index in [-0.39, 0.29) is 0 Å². The summed E-state index contributed by atoms with van der Waals surface area (Å²) in [6, 6.07) is 3.24. The monoisotopic (exact) mass is 349 g/mol. The fraction of sp³-hybridized carbons (Fsp3) is 0.737. The highest BCUT2D eigenvalue weighted by atomic mass is 32.1. The van der Waals surface area contributed by atoms with Gasteiger partial charge in [-0.1, -0.05) is 0 Å². The SMILES string of the molecule is C[C@H](Cc1ccsc1)N1CCN(CC(=O)N2CCCC[C@H]2C)CC1. The minimum absolute atomic E-state index is 0.335. The molecule has 24 heavy (non-hydrogen) atoms. The molecule has 0 saturated carbocycles. The van der Waals surface area contributed by atoms with Gasteiger partial charge in [0.2, 0.25) is 5.91 Å². The minimum atomic E-state index is 0.335. The number of carbonyl (C=O) groups excluding carboxylic acids is 1. The van der Waals surface area contributed by atoms with Gasteiger partial charge in [0.1, 0.15) is 0 Å². The quantitative estimate of drug-likeness (QED) is 0.818. The second kappa shape index (κ2) is 8.45. The van der Waals surface area contributed by atoms with E-state index >= 15 is 0 Å². The van der Waals surface area contributed by atoms with Crippen molar-refractivity contribution in [1.82, 2.24) is 14.7 Å². The lowest BCUT2D eigenvalue weighted by Crippen LogP contribution is -2.53. The van der Waals surface area contributed by atoms with Crippen LogP contribution >= 0.6 is 11.3 Å². The average Bonchev–Trinajstić information content (AvgIpc) is 3.08. The number of rotatable bonds is 5. The van der Waals surface area contributed by atoms with Crippen molar-refractivity contribution in [1.29, 1.82) is 0 Å². The number of carbonyl (C=O) groups is 1. The molecule has 0 bridgehead atoms. The summed E-state index contributed by atoms with van der Waals surface area (Å²) in [4.78, 5) is 19.6. The average molecular weight is 350 g/mol. The van der Waals surface area contributed by atoms with Gasteiger partial charge >= 0.3 is 0 Å². The molecular formula is C19H31N3OS. The number of hydrogen-bond donors (Lipinski definition) is 0. The summed E-state index contributed by atoms with van der Waals surface area (Å²) >= 11 is 1.78. The molecule has 4 nitrogen and oxygen atoms in total. The maximum Gasteiger partial charge on any atom is 0.236 e. The van der Waals surface area contributed by atoms with Crippen molar-refractivity contribution in [2.24, 2.45) is 0 Å². The molecule has 5 heteroatoms. The zero-order chi connectivity index (χ0) is 16.9. The first-order valence-electron chi connectivity index (χ1n) is 9.40. The van der Waals surface area contributed by atoms with Crippen LogP contribution in [0.5, 0.6) is 0 Å². The Labute approximate surface area is 150 Å². The van der Waals surface area contributed by atoms with Crippen LogP contribution in [0.2, 0.25) is 0 Å². The second-order valence-electron chi connectivity index (χ2n) is 7.43. The molecule has 0 aromatic carbocycles. The van der Waals surface area contributed by atoms with E-state index < -0.39 is 0 Å². The molecule has 2 aliphatic rings. The first-order valence-corrected chi connectivity index (χ1v) is 10.3. The number of thiophene rings is 1. The van der Waals surface area contributed by atoms with Gasteiger partial charge in [-0.25, -0.2) is 0 Å². The molecule has 2 fully saturated rings. The van der Waals surface area contributed by atoms with E-state index in [4.69, 9.17) is 0 Å². The summed E-state index contributed by atoms with van der Waals surface area (Å²) in [7, 11) is 0. The molecule has 0 aliphatic carbocycles. The molecule has 2 aliphatic heterocycles. The first-order chi connectivity index (χ1) is 11.6. The highest BCUT2D eigenvalue weighted by Crippen LogP contribution is 2.18. The molecule has 0 N–H and O–H groups in total. The van der Waals surface area contributed by atoms with Gasteiger partial charge in [0.15, 0.2) is 0 Å². The van der Waals surface area contributed by atoms with E-state index in [1.54, 1.807) is 11.3 Å². The summed E-state index contributed by atoms with van der Waals surface area (Å²) in [6.07, 6.45) is 4.74. The molecule has 1 aromatic heterocycles. The third-order valence-electron chi connectivity index (χ3n) is 5.62. The molecule has 3 heterocycles. The van der Waals surface area contributed by atoms with Crippen molar-refractivity contribution in [3.05, 3.63) is 22.4 Å². The van der Waals surface area contributed by atoms with Crippen LogP contribution in [0.25, 0.3) is 0 Å². The third-order valence-corrected chi connectivity index (χ3v) is 6.36. The number of amides is 1. The standard InChI is InChI=1S/C19H31N3OS/c1-16-5-3-4-7-22(16)19(23)14-20-8-10-21(11-9-20)17(2)13-18-6-12-24-15-18/h6,12,15-17H,3-5,7-11,13-14H2,1-2H3/t16-,17-/m1/s1. The molecular weight excluding hydrogens is 318 g/mol. The van der Waals surface area contributed by atoms with Gasteiger partial charge in [0.25, 0.3) is 0 Å². The lowest BCUT2D eigenvalue weighted by atomic mass is 10.0. The van der Waals surface area contributed by atoms with Crippen LogP contribution in [0.1, 0.15) is 38.7 Å². The van der Waals surface area contributed by atoms with Crippen LogP contribution < -0.4 is 0 Å². The van der Waals surface area contributed by atoms with Gasteiger partial charge in [-0.05, 0) is 61.9 Å². The molecule has 134 valence electrons. The molecule has 2 atom stereocenters. The van der Waals surface area contributed by atoms with Crippen LogP contribution in [0, 0.1) is 0 Å². The summed E-state index contributed by atoms with van der Waals surface area (Å²) in [5.41, 5.74) is 1.45. The molecule has 3 rings (SSSR count). The Kier molecular flexibility index (Phi) is 6.31. The molecule has 0 unspecified atom stereocenters. The van der Waals surface area contributed by atoms with Crippen LogP contribution in [0.3, 0.4) is 0 Å². The number of nitrogens with zero attached hydrogens (tertiary/aromatic N) is 3. The number of piperidine rings is 1. The molecule has 0 radical (unpaired) electrons. The van der Waals surface area contributed by atoms with E-state index in [0.29, 0.717) is 24.5 Å². The van der Waals surface area contributed by atoms with Crippen LogP contribution in [0.15, 0.2) is 16.8 Å². The topological polar surface area (TPSA) is 26.8 Å².